The van der Waals surface area contributed by atoms with E-state index in [4.69, 9.17) is 0 Å². The van der Waals surface area contributed by atoms with Gasteiger partial charge in [0.1, 0.15) is 0 Å². The lowest BCUT2D eigenvalue weighted by molar-refractivity contribution is 1.31. The molecule has 3 nitrogen and oxygen atoms in total. The number of allylic oxidation sites excluding steroid dienone is 4. The van der Waals surface area contributed by atoms with Crippen molar-refractivity contribution in [3.8, 4) is 0 Å². The van der Waals surface area contributed by atoms with Crippen molar-refractivity contribution in [2.24, 2.45) is 9.98 Å². The Hall–Kier alpha value is -1.43. The standard InChI is InChI=1S/C12H8IN3/c13-11-4-3-10(16-11)12-8(5-7-15-12)9-2-1-6-14-9/h1-7,16H. The summed E-state index contributed by atoms with van der Waals surface area (Å²) in [5.74, 6) is 0. The summed E-state index contributed by atoms with van der Waals surface area (Å²) in [6, 6.07) is 4.07. The third-order valence-electron chi connectivity index (χ3n) is 2.44. The van der Waals surface area contributed by atoms with Crippen LogP contribution in [-0.4, -0.2) is 16.9 Å². The maximum Gasteiger partial charge on any atom is 0.0959 e. The number of aromatic nitrogens is 1. The first kappa shape index (κ1) is 9.77. The van der Waals surface area contributed by atoms with E-state index in [9.17, 15) is 0 Å². The van der Waals surface area contributed by atoms with Crippen molar-refractivity contribution in [1.82, 2.24) is 4.98 Å². The van der Waals surface area contributed by atoms with Crippen molar-refractivity contribution in [2.45, 2.75) is 0 Å². The molecule has 1 aromatic heterocycles. The van der Waals surface area contributed by atoms with Gasteiger partial charge in [0.15, 0.2) is 0 Å². The zero-order valence-electron chi connectivity index (χ0n) is 8.31. The molecule has 1 N–H and O–H groups in total. The highest BCUT2D eigenvalue weighted by Gasteiger charge is 2.16. The summed E-state index contributed by atoms with van der Waals surface area (Å²) in [4.78, 5) is 12.0. The van der Waals surface area contributed by atoms with Crippen LogP contribution >= 0.6 is 22.6 Å². The molecule has 0 aliphatic carbocycles. The number of aliphatic imine (C=N–C) groups is 2. The molecular formula is C12H8IN3. The number of hydrogen-bond donors (Lipinski definition) is 1. The Morgan fingerprint density at radius 3 is 2.81 bits per heavy atom. The first-order valence-electron chi connectivity index (χ1n) is 4.89. The molecule has 0 unspecified atom stereocenters. The van der Waals surface area contributed by atoms with Crippen LogP contribution in [0, 0.1) is 3.70 Å². The highest BCUT2D eigenvalue weighted by molar-refractivity contribution is 14.1. The highest BCUT2D eigenvalue weighted by Crippen LogP contribution is 2.22. The fraction of sp³-hybridized carbons (Fsp3) is 0. The number of rotatable bonds is 1. The van der Waals surface area contributed by atoms with Crippen molar-refractivity contribution in [3.05, 3.63) is 57.2 Å². The van der Waals surface area contributed by atoms with E-state index in [1.54, 1.807) is 6.21 Å². The van der Waals surface area contributed by atoms with Gasteiger partial charge in [-0.1, -0.05) is 0 Å². The second kappa shape index (κ2) is 3.86. The lowest BCUT2D eigenvalue weighted by atomic mass is 10.1. The van der Waals surface area contributed by atoms with E-state index in [1.165, 1.54) is 0 Å². The zero-order chi connectivity index (χ0) is 11.0. The van der Waals surface area contributed by atoms with Crippen LogP contribution in [-0.2, 0) is 0 Å². The van der Waals surface area contributed by atoms with Crippen molar-refractivity contribution in [1.29, 1.82) is 0 Å². The molecule has 3 rings (SSSR count). The Kier molecular flexibility index (Phi) is 2.36. The van der Waals surface area contributed by atoms with Gasteiger partial charge in [-0.25, -0.2) is 0 Å². The number of nitrogens with one attached hydrogen (secondary N) is 1. The molecule has 0 amide bonds. The minimum Gasteiger partial charge on any atom is -0.349 e. The lowest BCUT2D eigenvalue weighted by Crippen LogP contribution is -2.02. The molecule has 0 bridgehead atoms. The summed E-state index contributed by atoms with van der Waals surface area (Å²) in [5.41, 5.74) is 4.04. The predicted molar refractivity (Wildman–Crippen MR) is 73.8 cm³/mol. The van der Waals surface area contributed by atoms with E-state index < -0.39 is 0 Å². The molecule has 1 aromatic rings. The normalized spacial score (nSPS) is 22.2. The summed E-state index contributed by atoms with van der Waals surface area (Å²) in [5, 5.41) is 0. The summed E-state index contributed by atoms with van der Waals surface area (Å²) in [6.07, 6.45) is 9.53. The average Bonchev–Trinajstić information content (AvgIpc) is 2.96. The summed E-state index contributed by atoms with van der Waals surface area (Å²) >= 11 is 2.25. The lowest BCUT2D eigenvalue weighted by Gasteiger charge is -2.02. The van der Waals surface area contributed by atoms with E-state index in [0.29, 0.717) is 0 Å². The number of hydrogen-bond acceptors (Lipinski definition) is 2. The van der Waals surface area contributed by atoms with Crippen LogP contribution in [0.4, 0.5) is 0 Å². The van der Waals surface area contributed by atoms with Crippen LogP contribution < -0.4 is 0 Å². The van der Waals surface area contributed by atoms with Gasteiger partial charge in [-0.05, 0) is 53.0 Å². The maximum absolute atomic E-state index is 4.38. The third kappa shape index (κ3) is 1.59. The minimum atomic E-state index is 0.960. The van der Waals surface area contributed by atoms with Gasteiger partial charge in [-0.3, -0.25) is 9.98 Å². The molecule has 0 aromatic carbocycles. The molecule has 0 atom stereocenters. The molecule has 3 heterocycles. The van der Waals surface area contributed by atoms with Crippen LogP contribution in [0.3, 0.4) is 0 Å². The van der Waals surface area contributed by atoms with Crippen LogP contribution in [0.25, 0.3) is 0 Å². The van der Waals surface area contributed by atoms with Gasteiger partial charge in [0, 0.05) is 18.0 Å². The van der Waals surface area contributed by atoms with Crippen molar-refractivity contribution in [2.75, 3.05) is 0 Å². The molecule has 0 radical (unpaired) electrons. The molecular weight excluding hydrogens is 313 g/mol. The fourth-order valence-corrected chi connectivity index (χ4v) is 2.19. The van der Waals surface area contributed by atoms with Crippen LogP contribution in [0.15, 0.2) is 57.8 Å². The minimum absolute atomic E-state index is 0.960. The first-order chi connectivity index (χ1) is 7.84. The number of halogens is 1. The smallest absolute Gasteiger partial charge is 0.0959 e. The van der Waals surface area contributed by atoms with Crippen molar-refractivity contribution < 1.29 is 0 Å². The molecule has 0 saturated heterocycles. The molecule has 78 valence electrons. The molecule has 0 saturated carbocycles. The molecule has 0 fully saturated rings. The van der Waals surface area contributed by atoms with Gasteiger partial charge in [0.05, 0.1) is 20.8 Å². The van der Waals surface area contributed by atoms with Gasteiger partial charge >= 0.3 is 0 Å². The quantitative estimate of drug-likeness (QED) is 0.773. The Morgan fingerprint density at radius 1 is 1.19 bits per heavy atom. The van der Waals surface area contributed by atoms with Gasteiger partial charge in [-0.15, -0.1) is 0 Å². The number of aromatic amines is 1. The van der Waals surface area contributed by atoms with E-state index in [1.807, 2.05) is 36.6 Å². The monoisotopic (exact) mass is 321 g/mol. The van der Waals surface area contributed by atoms with Gasteiger partial charge < -0.3 is 4.98 Å². The average molecular weight is 321 g/mol. The van der Waals surface area contributed by atoms with Crippen molar-refractivity contribution in [3.63, 3.8) is 0 Å². The molecule has 4 heteroatoms. The third-order valence-corrected chi connectivity index (χ3v) is 3.06. The van der Waals surface area contributed by atoms with Gasteiger partial charge in [0.2, 0.25) is 0 Å². The van der Waals surface area contributed by atoms with Gasteiger partial charge in [0.25, 0.3) is 0 Å². The SMILES string of the molecule is Ic1ccc(C2=NC=CC2=C2C=CC=N2)[nH]1. The second-order valence-electron chi connectivity index (χ2n) is 3.45. The highest BCUT2D eigenvalue weighted by atomic mass is 127. The van der Waals surface area contributed by atoms with Crippen LogP contribution in [0.2, 0.25) is 0 Å². The predicted octanol–water partition coefficient (Wildman–Crippen LogP) is 2.83. The van der Waals surface area contributed by atoms with Crippen LogP contribution in [0.5, 0.6) is 0 Å². The topological polar surface area (TPSA) is 40.5 Å². The van der Waals surface area contributed by atoms with E-state index in [2.05, 4.69) is 37.6 Å². The summed E-state index contributed by atoms with van der Waals surface area (Å²) in [6.45, 7) is 0. The zero-order valence-corrected chi connectivity index (χ0v) is 10.5. The van der Waals surface area contributed by atoms with Gasteiger partial charge in [-0.2, -0.15) is 0 Å². The largest absolute Gasteiger partial charge is 0.349 e. The van der Waals surface area contributed by atoms with E-state index >= 15 is 0 Å². The Labute approximate surface area is 107 Å². The summed E-state index contributed by atoms with van der Waals surface area (Å²) in [7, 11) is 0. The molecule has 2 aliphatic heterocycles. The first-order valence-corrected chi connectivity index (χ1v) is 5.97. The maximum atomic E-state index is 4.38. The van der Waals surface area contributed by atoms with Crippen molar-refractivity contribution >= 4 is 34.5 Å². The molecule has 16 heavy (non-hydrogen) atoms. The molecule has 2 aliphatic rings. The van der Waals surface area contributed by atoms with Crippen LogP contribution in [0.1, 0.15) is 5.69 Å². The second-order valence-corrected chi connectivity index (χ2v) is 4.61. The number of H-pyrrole nitrogens is 1. The Balaban J connectivity index is 2.07. The molecule has 0 spiro atoms. The van der Waals surface area contributed by atoms with E-state index in [-0.39, 0.29) is 0 Å². The summed E-state index contributed by atoms with van der Waals surface area (Å²) < 4.78 is 1.11. The number of nitrogens with zero attached hydrogens (tertiary/aromatic N) is 2. The fourth-order valence-electron chi connectivity index (χ4n) is 1.72. The Bertz CT molecular complexity index is 571. The Morgan fingerprint density at radius 2 is 2.12 bits per heavy atom. The van der Waals surface area contributed by atoms with E-state index in [0.717, 1.165) is 26.4 Å².